The molecule has 3 rings (SSSR count). The summed E-state index contributed by atoms with van der Waals surface area (Å²) in [5, 5.41) is 2.99. The average molecular weight is 580 g/mol. The van der Waals surface area contributed by atoms with Crippen LogP contribution in [-0.4, -0.2) is 56.9 Å². The van der Waals surface area contributed by atoms with E-state index >= 15 is 0 Å². The summed E-state index contributed by atoms with van der Waals surface area (Å²) >= 11 is 0. The van der Waals surface area contributed by atoms with Crippen LogP contribution in [0.2, 0.25) is 0 Å². The number of anilines is 1. The lowest BCUT2D eigenvalue weighted by Gasteiger charge is -2.34. The number of hydrogen-bond acceptors (Lipinski definition) is 5. The van der Waals surface area contributed by atoms with Gasteiger partial charge in [0.25, 0.3) is 10.0 Å². The molecule has 0 bridgehead atoms. The zero-order chi connectivity index (χ0) is 30.2. The molecule has 0 aliphatic rings. The van der Waals surface area contributed by atoms with Gasteiger partial charge < -0.3 is 15.0 Å². The lowest BCUT2D eigenvalue weighted by atomic mass is 10.1. The van der Waals surface area contributed by atoms with Crippen LogP contribution in [0.3, 0.4) is 0 Å². The molecule has 3 aromatic rings. The van der Waals surface area contributed by atoms with Gasteiger partial charge in [0.05, 0.1) is 17.7 Å². The van der Waals surface area contributed by atoms with Crippen molar-refractivity contribution in [3.8, 4) is 5.75 Å². The molecule has 3 aromatic carbocycles. The molecule has 0 unspecified atom stereocenters. The second-order valence-electron chi connectivity index (χ2n) is 11.0. The monoisotopic (exact) mass is 579 g/mol. The van der Waals surface area contributed by atoms with Crippen LogP contribution >= 0.6 is 0 Å². The minimum Gasteiger partial charge on any atom is -0.497 e. The number of aryl methyl sites for hydroxylation is 1. The number of benzene rings is 3. The average Bonchev–Trinajstić information content (AvgIpc) is 2.94. The van der Waals surface area contributed by atoms with Crippen molar-refractivity contribution in [1.82, 2.24) is 10.2 Å². The highest BCUT2D eigenvalue weighted by molar-refractivity contribution is 7.92. The maximum atomic E-state index is 14.1. The van der Waals surface area contributed by atoms with Gasteiger partial charge in [0.2, 0.25) is 11.8 Å². The number of sulfonamides is 1. The quantitative estimate of drug-likeness (QED) is 0.327. The van der Waals surface area contributed by atoms with Gasteiger partial charge >= 0.3 is 0 Å². The van der Waals surface area contributed by atoms with Crippen LogP contribution in [0.15, 0.2) is 83.8 Å². The van der Waals surface area contributed by atoms with Crippen molar-refractivity contribution in [2.45, 2.75) is 63.9 Å². The summed E-state index contributed by atoms with van der Waals surface area (Å²) in [6.45, 7) is 9.19. The first kappa shape index (κ1) is 31.7. The number of hydrogen-bond donors (Lipinski definition) is 1. The minimum absolute atomic E-state index is 0.0278. The molecular formula is C32H41N3O5S. The molecule has 0 aliphatic heterocycles. The third-order valence-electron chi connectivity index (χ3n) is 6.62. The molecule has 0 radical (unpaired) electrons. The Labute approximate surface area is 244 Å². The third kappa shape index (κ3) is 8.57. The zero-order valence-corrected chi connectivity index (χ0v) is 25.6. The molecular weight excluding hydrogens is 538 g/mol. The predicted molar refractivity (Wildman–Crippen MR) is 163 cm³/mol. The van der Waals surface area contributed by atoms with Crippen LogP contribution < -0.4 is 14.4 Å². The Morgan fingerprint density at radius 1 is 0.927 bits per heavy atom. The van der Waals surface area contributed by atoms with Crippen molar-refractivity contribution in [2.24, 2.45) is 0 Å². The first-order valence-electron chi connectivity index (χ1n) is 13.7. The number of methoxy groups -OCH3 is 1. The molecule has 1 N–H and O–H groups in total. The fourth-order valence-electron chi connectivity index (χ4n) is 4.46. The fourth-order valence-corrected chi connectivity index (χ4v) is 5.88. The highest BCUT2D eigenvalue weighted by atomic mass is 32.2. The minimum atomic E-state index is -4.14. The van der Waals surface area contributed by atoms with Gasteiger partial charge in [0.1, 0.15) is 18.3 Å². The molecule has 0 aliphatic carbocycles. The molecule has 8 nitrogen and oxygen atoms in total. The topological polar surface area (TPSA) is 96.0 Å². The van der Waals surface area contributed by atoms with Crippen molar-refractivity contribution in [2.75, 3.05) is 24.5 Å². The maximum Gasteiger partial charge on any atom is 0.264 e. The normalized spacial score (nSPS) is 12.3. The van der Waals surface area contributed by atoms with Gasteiger partial charge in [-0.1, -0.05) is 55.0 Å². The number of amides is 2. The molecule has 0 spiro atoms. The van der Waals surface area contributed by atoms with Gasteiger partial charge in [-0.05, 0) is 82.5 Å². The SMILES string of the molecule is CC[C@@H](C(=O)NC(C)(C)C)N(CCc1ccccc1)C(=O)CN(c1ccc(C)cc1)S(=O)(=O)c1ccc(OC)cc1. The summed E-state index contributed by atoms with van der Waals surface area (Å²) in [4.78, 5) is 29.0. The van der Waals surface area contributed by atoms with E-state index in [1.807, 2.05) is 65.0 Å². The zero-order valence-electron chi connectivity index (χ0n) is 24.8. The van der Waals surface area contributed by atoms with Crippen LogP contribution in [0.5, 0.6) is 5.75 Å². The van der Waals surface area contributed by atoms with E-state index in [-0.39, 0.29) is 17.3 Å². The van der Waals surface area contributed by atoms with Gasteiger partial charge in [-0.3, -0.25) is 13.9 Å². The van der Waals surface area contributed by atoms with Crippen LogP contribution in [0.1, 0.15) is 45.2 Å². The third-order valence-corrected chi connectivity index (χ3v) is 8.40. The highest BCUT2D eigenvalue weighted by Crippen LogP contribution is 2.26. The molecule has 0 aromatic heterocycles. The maximum absolute atomic E-state index is 14.1. The number of carbonyl (C=O) groups is 2. The molecule has 220 valence electrons. The summed E-state index contributed by atoms with van der Waals surface area (Å²) in [6, 6.07) is 21.9. The van der Waals surface area contributed by atoms with E-state index in [1.54, 1.807) is 36.4 Å². The standard InChI is InChI=1S/C32H41N3O5S/c1-7-29(31(37)33-32(3,4)5)34(22-21-25-11-9-8-10-12-25)30(36)23-35(26-15-13-24(2)14-16-26)41(38,39)28-19-17-27(40-6)18-20-28/h8-20,29H,7,21-23H2,1-6H3,(H,33,37)/t29-/m0/s1. The van der Waals surface area contributed by atoms with Crippen LogP contribution in [0.25, 0.3) is 0 Å². The predicted octanol–water partition coefficient (Wildman–Crippen LogP) is 4.96. The van der Waals surface area contributed by atoms with Gasteiger partial charge in [-0.2, -0.15) is 0 Å². The van der Waals surface area contributed by atoms with E-state index in [0.717, 1.165) is 15.4 Å². The number of ether oxygens (including phenoxy) is 1. The number of nitrogens with zero attached hydrogens (tertiary/aromatic N) is 2. The van der Waals surface area contributed by atoms with Crippen molar-refractivity contribution in [1.29, 1.82) is 0 Å². The fraction of sp³-hybridized carbons (Fsp3) is 0.375. The van der Waals surface area contributed by atoms with Crippen LogP contribution in [-0.2, 0) is 26.0 Å². The highest BCUT2D eigenvalue weighted by Gasteiger charge is 2.34. The number of nitrogens with one attached hydrogen (secondary N) is 1. The summed E-state index contributed by atoms with van der Waals surface area (Å²) in [5.74, 6) is -0.222. The molecule has 0 saturated carbocycles. The molecule has 1 atom stereocenters. The van der Waals surface area contributed by atoms with E-state index in [2.05, 4.69) is 5.32 Å². The molecule has 0 heterocycles. The van der Waals surface area contributed by atoms with Crippen molar-refractivity contribution >= 4 is 27.5 Å². The number of rotatable bonds is 12. The Morgan fingerprint density at radius 3 is 2.07 bits per heavy atom. The summed E-state index contributed by atoms with van der Waals surface area (Å²) < 4.78 is 34.2. The summed E-state index contributed by atoms with van der Waals surface area (Å²) in [7, 11) is -2.63. The Bertz CT molecular complexity index is 1400. The Hall–Kier alpha value is -3.85. The van der Waals surface area contributed by atoms with E-state index in [9.17, 15) is 18.0 Å². The lowest BCUT2D eigenvalue weighted by Crippen LogP contribution is -2.56. The van der Waals surface area contributed by atoms with Crippen molar-refractivity contribution < 1.29 is 22.7 Å². The molecule has 9 heteroatoms. The Morgan fingerprint density at radius 2 is 1.54 bits per heavy atom. The van der Waals surface area contributed by atoms with E-state index < -0.39 is 34.1 Å². The molecule has 2 amide bonds. The smallest absolute Gasteiger partial charge is 0.264 e. The lowest BCUT2D eigenvalue weighted by molar-refractivity contribution is -0.140. The second kappa shape index (κ2) is 13.7. The first-order valence-corrected chi connectivity index (χ1v) is 15.2. The molecule has 0 saturated heterocycles. The van der Waals surface area contributed by atoms with Crippen LogP contribution in [0, 0.1) is 6.92 Å². The Kier molecular flexibility index (Phi) is 10.6. The van der Waals surface area contributed by atoms with E-state index in [0.29, 0.717) is 24.3 Å². The van der Waals surface area contributed by atoms with Gasteiger partial charge in [-0.15, -0.1) is 0 Å². The first-order chi connectivity index (χ1) is 19.4. The van der Waals surface area contributed by atoms with E-state index in [1.165, 1.54) is 24.1 Å². The largest absolute Gasteiger partial charge is 0.497 e. The van der Waals surface area contributed by atoms with Gasteiger partial charge in [-0.25, -0.2) is 8.42 Å². The summed E-state index contributed by atoms with van der Waals surface area (Å²) in [6.07, 6.45) is 0.889. The Balaban J connectivity index is 2.01. The van der Waals surface area contributed by atoms with Crippen LogP contribution in [0.4, 0.5) is 5.69 Å². The number of carbonyl (C=O) groups excluding carboxylic acids is 2. The molecule has 41 heavy (non-hydrogen) atoms. The van der Waals surface area contributed by atoms with Crippen molar-refractivity contribution in [3.05, 3.63) is 90.0 Å². The second-order valence-corrected chi connectivity index (χ2v) is 12.9. The van der Waals surface area contributed by atoms with Gasteiger partial charge in [0, 0.05) is 12.1 Å². The molecule has 0 fully saturated rings. The van der Waals surface area contributed by atoms with E-state index in [4.69, 9.17) is 4.74 Å². The van der Waals surface area contributed by atoms with Gasteiger partial charge in [0.15, 0.2) is 0 Å². The summed E-state index contributed by atoms with van der Waals surface area (Å²) in [5.41, 5.74) is 1.83. The van der Waals surface area contributed by atoms with Crippen molar-refractivity contribution in [3.63, 3.8) is 0 Å².